The van der Waals surface area contributed by atoms with Crippen LogP contribution < -0.4 is 5.32 Å². The van der Waals surface area contributed by atoms with E-state index in [9.17, 15) is 4.79 Å². The third kappa shape index (κ3) is 3.15. The van der Waals surface area contributed by atoms with Gasteiger partial charge in [-0.15, -0.1) is 0 Å². The first-order valence-corrected chi connectivity index (χ1v) is 7.19. The minimum absolute atomic E-state index is 0.212. The molecule has 0 saturated carbocycles. The second-order valence-corrected chi connectivity index (χ2v) is 5.20. The van der Waals surface area contributed by atoms with Gasteiger partial charge in [-0.3, -0.25) is 9.48 Å². The van der Waals surface area contributed by atoms with Crippen molar-refractivity contribution in [2.24, 2.45) is 0 Å². The molecule has 1 saturated heterocycles. The van der Waals surface area contributed by atoms with Gasteiger partial charge in [0.25, 0.3) is 5.91 Å². The SMILES string of the molecule is N#Cc1ccc(C(=O)Nc2cnn(C3CCOCC3)c2)cc1. The molecule has 1 N–H and O–H groups in total. The summed E-state index contributed by atoms with van der Waals surface area (Å²) < 4.78 is 7.22. The summed E-state index contributed by atoms with van der Waals surface area (Å²) in [6.07, 6.45) is 5.37. The fourth-order valence-electron chi connectivity index (χ4n) is 2.45. The number of amides is 1. The molecule has 2 aromatic rings. The molecule has 0 spiro atoms. The average molecular weight is 296 g/mol. The van der Waals surface area contributed by atoms with Gasteiger partial charge in [-0.05, 0) is 37.1 Å². The van der Waals surface area contributed by atoms with E-state index in [4.69, 9.17) is 10.00 Å². The highest BCUT2D eigenvalue weighted by Crippen LogP contribution is 2.21. The zero-order valence-electron chi connectivity index (χ0n) is 12.0. The van der Waals surface area contributed by atoms with Gasteiger partial charge in [-0.1, -0.05) is 0 Å². The van der Waals surface area contributed by atoms with E-state index in [2.05, 4.69) is 10.4 Å². The third-order valence-electron chi connectivity index (χ3n) is 3.70. The second-order valence-electron chi connectivity index (χ2n) is 5.20. The molecule has 1 aliphatic rings. The molecular formula is C16H16N4O2. The summed E-state index contributed by atoms with van der Waals surface area (Å²) in [7, 11) is 0. The summed E-state index contributed by atoms with van der Waals surface area (Å²) in [5, 5.41) is 15.9. The summed E-state index contributed by atoms with van der Waals surface area (Å²) >= 11 is 0. The minimum atomic E-state index is -0.212. The lowest BCUT2D eigenvalue weighted by Gasteiger charge is -2.22. The lowest BCUT2D eigenvalue weighted by molar-refractivity contribution is 0.0662. The number of benzene rings is 1. The fourth-order valence-corrected chi connectivity index (χ4v) is 2.45. The van der Waals surface area contributed by atoms with Crippen LogP contribution in [0, 0.1) is 11.3 Å². The summed E-state index contributed by atoms with van der Waals surface area (Å²) in [5.74, 6) is -0.212. The molecule has 1 aliphatic heterocycles. The molecule has 22 heavy (non-hydrogen) atoms. The first-order chi connectivity index (χ1) is 10.8. The summed E-state index contributed by atoms with van der Waals surface area (Å²) in [5.41, 5.74) is 1.71. The smallest absolute Gasteiger partial charge is 0.255 e. The number of nitrogens with zero attached hydrogens (tertiary/aromatic N) is 3. The van der Waals surface area contributed by atoms with Crippen LogP contribution in [0.25, 0.3) is 0 Å². The van der Waals surface area contributed by atoms with Crippen molar-refractivity contribution >= 4 is 11.6 Å². The Morgan fingerprint density at radius 2 is 2.05 bits per heavy atom. The number of aromatic nitrogens is 2. The molecule has 0 bridgehead atoms. The predicted molar refractivity (Wildman–Crippen MR) is 80.4 cm³/mol. The van der Waals surface area contributed by atoms with Crippen LogP contribution in [-0.4, -0.2) is 28.9 Å². The second kappa shape index (κ2) is 6.41. The molecule has 2 heterocycles. The molecule has 1 aromatic heterocycles. The van der Waals surface area contributed by atoms with Gasteiger partial charge in [0.1, 0.15) is 0 Å². The van der Waals surface area contributed by atoms with E-state index >= 15 is 0 Å². The quantitative estimate of drug-likeness (QED) is 0.943. The number of carbonyl (C=O) groups is 1. The van der Waals surface area contributed by atoms with E-state index in [1.165, 1.54) is 0 Å². The highest BCUT2D eigenvalue weighted by atomic mass is 16.5. The molecule has 112 valence electrons. The third-order valence-corrected chi connectivity index (χ3v) is 3.70. The van der Waals surface area contributed by atoms with Gasteiger partial charge in [0, 0.05) is 25.0 Å². The van der Waals surface area contributed by atoms with Crippen LogP contribution in [0.3, 0.4) is 0 Å². The van der Waals surface area contributed by atoms with Crippen LogP contribution in [0.15, 0.2) is 36.7 Å². The van der Waals surface area contributed by atoms with Crippen LogP contribution >= 0.6 is 0 Å². The van der Waals surface area contributed by atoms with Gasteiger partial charge < -0.3 is 10.1 Å². The molecule has 0 unspecified atom stereocenters. The van der Waals surface area contributed by atoms with Crippen molar-refractivity contribution in [1.29, 1.82) is 5.26 Å². The van der Waals surface area contributed by atoms with Gasteiger partial charge in [0.05, 0.1) is 29.6 Å². The van der Waals surface area contributed by atoms with Crippen molar-refractivity contribution in [3.05, 3.63) is 47.8 Å². The molecular weight excluding hydrogens is 280 g/mol. The molecule has 0 atom stereocenters. The van der Waals surface area contributed by atoms with E-state index < -0.39 is 0 Å². The van der Waals surface area contributed by atoms with Crippen LogP contribution in [0.4, 0.5) is 5.69 Å². The zero-order valence-corrected chi connectivity index (χ0v) is 12.0. The standard InChI is InChI=1S/C16H16N4O2/c17-9-12-1-3-13(4-2-12)16(21)19-14-10-18-20(11-14)15-5-7-22-8-6-15/h1-4,10-11,15H,5-8H2,(H,19,21). The van der Waals surface area contributed by atoms with Crippen molar-refractivity contribution < 1.29 is 9.53 Å². The van der Waals surface area contributed by atoms with Crippen molar-refractivity contribution in [2.45, 2.75) is 18.9 Å². The fraction of sp³-hybridized carbons (Fsp3) is 0.312. The number of hydrogen-bond donors (Lipinski definition) is 1. The molecule has 0 aliphatic carbocycles. The molecule has 0 radical (unpaired) electrons. The number of ether oxygens (including phenoxy) is 1. The van der Waals surface area contributed by atoms with Crippen LogP contribution in [0.1, 0.15) is 34.8 Å². The van der Waals surface area contributed by atoms with Gasteiger partial charge in [-0.25, -0.2) is 0 Å². The lowest BCUT2D eigenvalue weighted by atomic mass is 10.1. The number of nitrogens with one attached hydrogen (secondary N) is 1. The van der Waals surface area contributed by atoms with E-state index in [0.29, 0.717) is 22.9 Å². The Hall–Kier alpha value is -2.65. The highest BCUT2D eigenvalue weighted by molar-refractivity contribution is 6.04. The number of carbonyl (C=O) groups excluding carboxylic acids is 1. The number of rotatable bonds is 3. The molecule has 1 fully saturated rings. The largest absolute Gasteiger partial charge is 0.381 e. The Kier molecular flexibility index (Phi) is 4.17. The Labute approximate surface area is 128 Å². The van der Waals surface area contributed by atoms with E-state index in [0.717, 1.165) is 26.1 Å². The molecule has 6 heteroatoms. The van der Waals surface area contributed by atoms with Crippen molar-refractivity contribution in [1.82, 2.24) is 9.78 Å². The number of hydrogen-bond acceptors (Lipinski definition) is 4. The highest BCUT2D eigenvalue weighted by Gasteiger charge is 2.17. The van der Waals surface area contributed by atoms with Gasteiger partial charge in [-0.2, -0.15) is 10.4 Å². The monoisotopic (exact) mass is 296 g/mol. The van der Waals surface area contributed by atoms with Crippen LogP contribution in [0.5, 0.6) is 0 Å². The van der Waals surface area contributed by atoms with Crippen LogP contribution in [0.2, 0.25) is 0 Å². The first-order valence-electron chi connectivity index (χ1n) is 7.19. The van der Waals surface area contributed by atoms with E-state index in [1.54, 1.807) is 30.5 Å². The Morgan fingerprint density at radius 1 is 1.32 bits per heavy atom. The summed E-state index contributed by atoms with van der Waals surface area (Å²) in [6.45, 7) is 1.49. The van der Waals surface area contributed by atoms with Gasteiger partial charge >= 0.3 is 0 Å². The number of nitriles is 1. The maximum absolute atomic E-state index is 12.1. The Morgan fingerprint density at radius 3 is 2.73 bits per heavy atom. The van der Waals surface area contributed by atoms with Crippen molar-refractivity contribution in [3.8, 4) is 6.07 Å². The summed E-state index contributed by atoms with van der Waals surface area (Å²) in [6, 6.07) is 8.88. The van der Waals surface area contributed by atoms with Crippen molar-refractivity contribution in [3.63, 3.8) is 0 Å². The average Bonchev–Trinajstić information content (AvgIpc) is 3.04. The number of anilines is 1. The van der Waals surface area contributed by atoms with E-state index in [1.807, 2.05) is 16.9 Å². The maximum atomic E-state index is 12.1. The molecule has 1 aromatic carbocycles. The molecule has 6 nitrogen and oxygen atoms in total. The van der Waals surface area contributed by atoms with Gasteiger partial charge in [0.15, 0.2) is 0 Å². The van der Waals surface area contributed by atoms with Crippen LogP contribution in [-0.2, 0) is 4.74 Å². The van der Waals surface area contributed by atoms with E-state index in [-0.39, 0.29) is 5.91 Å². The Balaban J connectivity index is 1.66. The maximum Gasteiger partial charge on any atom is 0.255 e. The topological polar surface area (TPSA) is 79.9 Å². The molecule has 3 rings (SSSR count). The van der Waals surface area contributed by atoms with Crippen molar-refractivity contribution in [2.75, 3.05) is 18.5 Å². The predicted octanol–water partition coefficient (Wildman–Crippen LogP) is 2.36. The first kappa shape index (κ1) is 14.3. The zero-order chi connectivity index (χ0) is 15.4. The van der Waals surface area contributed by atoms with Gasteiger partial charge in [0.2, 0.25) is 0 Å². The molecule has 1 amide bonds. The lowest BCUT2D eigenvalue weighted by Crippen LogP contribution is -2.19. The Bertz CT molecular complexity index is 694. The summed E-state index contributed by atoms with van der Waals surface area (Å²) in [4.78, 5) is 12.1. The normalized spacial score (nSPS) is 15.2. The minimum Gasteiger partial charge on any atom is -0.381 e.